The highest BCUT2D eigenvalue weighted by atomic mass is 16.7. The number of fused-ring (bicyclic) bond motifs is 1. The summed E-state index contributed by atoms with van der Waals surface area (Å²) in [7, 11) is 1.94. The summed E-state index contributed by atoms with van der Waals surface area (Å²) in [6, 6.07) is 14.2. The maximum atomic E-state index is 5.97. The van der Waals surface area contributed by atoms with Crippen LogP contribution in [0.4, 0.5) is 0 Å². The molecule has 1 N–H and O–H groups in total. The summed E-state index contributed by atoms with van der Waals surface area (Å²) in [5, 5.41) is 3.24. The fourth-order valence-electron chi connectivity index (χ4n) is 2.32. The maximum absolute atomic E-state index is 5.97. The van der Waals surface area contributed by atoms with Crippen LogP contribution in [0.3, 0.4) is 0 Å². The second kappa shape index (κ2) is 6.06. The molecule has 2 aromatic rings. The van der Waals surface area contributed by atoms with Gasteiger partial charge in [0.25, 0.3) is 0 Å². The van der Waals surface area contributed by atoms with Gasteiger partial charge >= 0.3 is 0 Å². The number of nitrogens with one attached hydrogen (secondary N) is 1. The lowest BCUT2D eigenvalue weighted by molar-refractivity contribution is 0.174. The SMILES string of the molecule is CNC(C)c1ccccc1OCc1ccc2c(c1)OCO2. The molecule has 0 saturated carbocycles. The summed E-state index contributed by atoms with van der Waals surface area (Å²) in [6.45, 7) is 2.91. The van der Waals surface area contributed by atoms with E-state index < -0.39 is 0 Å². The average Bonchev–Trinajstić information content (AvgIpc) is 3.00. The summed E-state index contributed by atoms with van der Waals surface area (Å²) in [5.41, 5.74) is 2.21. The quantitative estimate of drug-likeness (QED) is 0.915. The summed E-state index contributed by atoms with van der Waals surface area (Å²) in [4.78, 5) is 0. The van der Waals surface area contributed by atoms with Crippen molar-refractivity contribution in [2.45, 2.75) is 19.6 Å². The highest BCUT2D eigenvalue weighted by Crippen LogP contribution is 2.33. The molecule has 1 unspecified atom stereocenters. The molecule has 1 aliphatic rings. The Morgan fingerprint density at radius 2 is 1.95 bits per heavy atom. The number of rotatable bonds is 5. The molecule has 4 nitrogen and oxygen atoms in total. The van der Waals surface area contributed by atoms with Crippen molar-refractivity contribution in [3.8, 4) is 17.2 Å². The van der Waals surface area contributed by atoms with Crippen LogP contribution in [0, 0.1) is 0 Å². The molecule has 1 aliphatic heterocycles. The van der Waals surface area contributed by atoms with Gasteiger partial charge in [-0.1, -0.05) is 24.3 Å². The van der Waals surface area contributed by atoms with Crippen LogP contribution >= 0.6 is 0 Å². The molecular formula is C17H19NO3. The fourth-order valence-corrected chi connectivity index (χ4v) is 2.32. The van der Waals surface area contributed by atoms with Gasteiger partial charge in [-0.25, -0.2) is 0 Å². The van der Waals surface area contributed by atoms with E-state index in [4.69, 9.17) is 14.2 Å². The maximum Gasteiger partial charge on any atom is 0.231 e. The molecule has 110 valence electrons. The highest BCUT2D eigenvalue weighted by molar-refractivity contribution is 5.44. The fraction of sp³-hybridized carbons (Fsp3) is 0.294. The summed E-state index contributed by atoms with van der Waals surface area (Å²) < 4.78 is 16.7. The largest absolute Gasteiger partial charge is 0.489 e. The standard InChI is InChI=1S/C17H19NO3/c1-12(18-2)14-5-3-4-6-15(14)19-10-13-7-8-16-17(9-13)21-11-20-16/h3-9,12,18H,10-11H2,1-2H3. The Balaban J connectivity index is 1.73. The van der Waals surface area contributed by atoms with Gasteiger partial charge in [0.15, 0.2) is 11.5 Å². The molecule has 0 aliphatic carbocycles. The average molecular weight is 285 g/mol. The van der Waals surface area contributed by atoms with E-state index in [9.17, 15) is 0 Å². The topological polar surface area (TPSA) is 39.7 Å². The van der Waals surface area contributed by atoms with Crippen LogP contribution in [0.1, 0.15) is 24.1 Å². The number of para-hydroxylation sites is 1. The first-order valence-corrected chi connectivity index (χ1v) is 7.05. The van der Waals surface area contributed by atoms with Crippen LogP contribution in [0.15, 0.2) is 42.5 Å². The zero-order valence-corrected chi connectivity index (χ0v) is 12.3. The Morgan fingerprint density at radius 1 is 1.14 bits per heavy atom. The first-order valence-electron chi connectivity index (χ1n) is 7.05. The minimum atomic E-state index is 0.248. The second-order valence-electron chi connectivity index (χ2n) is 5.02. The van der Waals surface area contributed by atoms with Gasteiger partial charge in [0.2, 0.25) is 6.79 Å². The zero-order chi connectivity index (χ0) is 14.7. The van der Waals surface area contributed by atoms with Crippen molar-refractivity contribution in [2.24, 2.45) is 0 Å². The van der Waals surface area contributed by atoms with Crippen molar-refractivity contribution in [1.82, 2.24) is 5.32 Å². The minimum absolute atomic E-state index is 0.248. The monoisotopic (exact) mass is 285 g/mol. The van der Waals surface area contributed by atoms with E-state index in [1.165, 1.54) is 0 Å². The molecule has 0 radical (unpaired) electrons. The Bertz CT molecular complexity index is 627. The van der Waals surface area contributed by atoms with Crippen LogP contribution in [0.25, 0.3) is 0 Å². The molecule has 2 aromatic carbocycles. The van der Waals surface area contributed by atoms with Gasteiger partial charge in [-0.3, -0.25) is 0 Å². The van der Waals surface area contributed by atoms with Crippen molar-refractivity contribution in [2.75, 3.05) is 13.8 Å². The van der Waals surface area contributed by atoms with Gasteiger partial charge in [0, 0.05) is 11.6 Å². The van der Waals surface area contributed by atoms with E-state index >= 15 is 0 Å². The van der Waals surface area contributed by atoms with Crippen LogP contribution in [0.2, 0.25) is 0 Å². The van der Waals surface area contributed by atoms with Crippen molar-refractivity contribution in [3.63, 3.8) is 0 Å². The van der Waals surface area contributed by atoms with Crippen LogP contribution in [-0.4, -0.2) is 13.8 Å². The molecule has 0 fully saturated rings. The minimum Gasteiger partial charge on any atom is -0.489 e. The van der Waals surface area contributed by atoms with Crippen molar-refractivity contribution >= 4 is 0 Å². The van der Waals surface area contributed by atoms with Crippen molar-refractivity contribution in [3.05, 3.63) is 53.6 Å². The van der Waals surface area contributed by atoms with Gasteiger partial charge in [0.05, 0.1) is 0 Å². The van der Waals surface area contributed by atoms with E-state index in [2.05, 4.69) is 18.3 Å². The molecule has 4 heteroatoms. The van der Waals surface area contributed by atoms with E-state index in [1.54, 1.807) is 0 Å². The van der Waals surface area contributed by atoms with Gasteiger partial charge < -0.3 is 19.5 Å². The van der Waals surface area contributed by atoms with Gasteiger partial charge in [0.1, 0.15) is 12.4 Å². The number of hydrogen-bond donors (Lipinski definition) is 1. The first-order chi connectivity index (χ1) is 10.3. The molecule has 0 spiro atoms. The van der Waals surface area contributed by atoms with Crippen LogP contribution in [0.5, 0.6) is 17.2 Å². The van der Waals surface area contributed by atoms with Crippen molar-refractivity contribution < 1.29 is 14.2 Å². The lowest BCUT2D eigenvalue weighted by Gasteiger charge is -2.16. The summed E-state index contributed by atoms with van der Waals surface area (Å²) >= 11 is 0. The van der Waals surface area contributed by atoms with E-state index in [0.717, 1.165) is 28.4 Å². The third-order valence-corrected chi connectivity index (χ3v) is 3.65. The van der Waals surface area contributed by atoms with Crippen LogP contribution in [-0.2, 0) is 6.61 Å². The Labute approximate surface area is 124 Å². The number of ether oxygens (including phenoxy) is 3. The van der Waals surface area contributed by atoms with Gasteiger partial charge in [-0.05, 0) is 37.7 Å². The smallest absolute Gasteiger partial charge is 0.231 e. The number of benzene rings is 2. The Morgan fingerprint density at radius 3 is 2.81 bits per heavy atom. The van der Waals surface area contributed by atoms with E-state index in [1.807, 2.05) is 43.4 Å². The highest BCUT2D eigenvalue weighted by Gasteiger charge is 2.14. The van der Waals surface area contributed by atoms with Gasteiger partial charge in [-0.15, -0.1) is 0 Å². The Hall–Kier alpha value is -2.20. The predicted molar refractivity (Wildman–Crippen MR) is 80.8 cm³/mol. The van der Waals surface area contributed by atoms with E-state index in [0.29, 0.717) is 13.4 Å². The molecule has 0 aromatic heterocycles. The number of hydrogen-bond acceptors (Lipinski definition) is 4. The first kappa shape index (κ1) is 13.8. The molecule has 1 atom stereocenters. The Kier molecular flexibility index (Phi) is 3.97. The normalized spacial score (nSPS) is 14.0. The molecule has 0 bridgehead atoms. The third kappa shape index (κ3) is 2.95. The predicted octanol–water partition coefficient (Wildman–Crippen LogP) is 3.27. The molecule has 1 heterocycles. The summed E-state index contributed by atoms with van der Waals surface area (Å²) in [5.74, 6) is 2.48. The van der Waals surface area contributed by atoms with E-state index in [-0.39, 0.29) is 6.04 Å². The lowest BCUT2D eigenvalue weighted by Crippen LogP contribution is -2.13. The lowest BCUT2D eigenvalue weighted by atomic mass is 10.1. The molecule has 3 rings (SSSR count). The van der Waals surface area contributed by atoms with Crippen LogP contribution < -0.4 is 19.5 Å². The second-order valence-corrected chi connectivity index (χ2v) is 5.02. The van der Waals surface area contributed by atoms with Gasteiger partial charge in [-0.2, -0.15) is 0 Å². The molecule has 21 heavy (non-hydrogen) atoms. The zero-order valence-electron chi connectivity index (χ0n) is 12.3. The third-order valence-electron chi connectivity index (χ3n) is 3.65. The molecular weight excluding hydrogens is 266 g/mol. The summed E-state index contributed by atoms with van der Waals surface area (Å²) in [6.07, 6.45) is 0. The molecule has 0 saturated heterocycles. The molecule has 0 amide bonds. The van der Waals surface area contributed by atoms with Crippen molar-refractivity contribution in [1.29, 1.82) is 0 Å².